The van der Waals surface area contributed by atoms with Crippen molar-refractivity contribution in [1.29, 1.82) is 0 Å². The fourth-order valence-electron chi connectivity index (χ4n) is 8.45. The number of aromatic nitrogens is 3. The molecule has 286 valence electrons. The summed E-state index contributed by atoms with van der Waals surface area (Å²) in [5.74, 6) is -2.13. The minimum atomic E-state index is -4.75. The van der Waals surface area contributed by atoms with E-state index in [2.05, 4.69) is 26.2 Å². The minimum absolute atomic E-state index is 0.0993. The molecule has 0 spiro atoms. The Morgan fingerprint density at radius 1 is 0.944 bits per heavy atom. The Hall–Kier alpha value is -4.98. The van der Waals surface area contributed by atoms with Gasteiger partial charge < -0.3 is 14.7 Å². The van der Waals surface area contributed by atoms with Gasteiger partial charge in [-0.2, -0.15) is 18.3 Å². The van der Waals surface area contributed by atoms with Crippen LogP contribution in [0.15, 0.2) is 54.7 Å². The highest BCUT2D eigenvalue weighted by Gasteiger charge is 2.39. The Labute approximate surface area is 311 Å². The number of halogens is 3. The number of fused-ring (bicyclic) bond motifs is 1. The lowest BCUT2D eigenvalue weighted by Gasteiger charge is -2.36. The minimum Gasteiger partial charge on any atom is -0.490 e. The van der Waals surface area contributed by atoms with E-state index in [1.54, 1.807) is 0 Å². The average molecular weight is 747 g/mol. The lowest BCUT2D eigenvalue weighted by atomic mass is 9.84. The smallest absolute Gasteiger partial charge is 0.420 e. The molecule has 1 saturated carbocycles. The maximum absolute atomic E-state index is 14.4. The predicted molar refractivity (Wildman–Crippen MR) is 196 cm³/mol. The summed E-state index contributed by atoms with van der Waals surface area (Å²) in [7, 11) is 1.91. The third-order valence-corrected chi connectivity index (χ3v) is 11.2. The summed E-state index contributed by atoms with van der Waals surface area (Å²) >= 11 is 0. The molecule has 4 aromatic rings. The zero-order chi connectivity index (χ0) is 38.0. The highest BCUT2D eigenvalue weighted by molar-refractivity contribution is 6.03. The summed E-state index contributed by atoms with van der Waals surface area (Å²) < 4.78 is 51.1. The average Bonchev–Trinajstić information content (AvgIpc) is 3.49. The molecule has 3 fully saturated rings. The number of carbonyl (C=O) groups is 3. The Kier molecular flexibility index (Phi) is 10.9. The van der Waals surface area contributed by atoms with Gasteiger partial charge in [-0.15, -0.1) is 0 Å². The van der Waals surface area contributed by atoms with E-state index in [4.69, 9.17) is 9.84 Å². The first-order chi connectivity index (χ1) is 26.0. The molecule has 11 nitrogen and oxygen atoms in total. The van der Waals surface area contributed by atoms with Gasteiger partial charge in [-0.05, 0) is 69.2 Å². The van der Waals surface area contributed by atoms with E-state index in [1.165, 1.54) is 36.5 Å². The van der Waals surface area contributed by atoms with Crippen molar-refractivity contribution in [1.82, 2.24) is 25.0 Å². The number of imide groups is 1. The van der Waals surface area contributed by atoms with Gasteiger partial charge >= 0.3 is 12.1 Å². The summed E-state index contributed by atoms with van der Waals surface area (Å²) in [5, 5.41) is 17.7. The number of piperazine rings is 1. The van der Waals surface area contributed by atoms with Crippen molar-refractivity contribution in [2.75, 3.05) is 37.6 Å². The Balaban J connectivity index is 0.876. The first-order valence-corrected chi connectivity index (χ1v) is 18.8. The molecule has 54 heavy (non-hydrogen) atoms. The molecular weight excluding hydrogens is 701 g/mol. The van der Waals surface area contributed by atoms with Crippen LogP contribution in [0.2, 0.25) is 0 Å². The van der Waals surface area contributed by atoms with Crippen molar-refractivity contribution >= 4 is 34.4 Å². The third-order valence-electron chi connectivity index (χ3n) is 11.2. The van der Waals surface area contributed by atoms with Gasteiger partial charge in [-0.1, -0.05) is 43.2 Å². The summed E-state index contributed by atoms with van der Waals surface area (Å²) in [5.41, 5.74) is 1.05. The number of pyridine rings is 1. The van der Waals surface area contributed by atoms with Gasteiger partial charge in [0, 0.05) is 62.4 Å². The molecule has 1 unspecified atom stereocenters. The van der Waals surface area contributed by atoms with Gasteiger partial charge in [0.2, 0.25) is 11.8 Å². The molecule has 2 saturated heterocycles. The number of anilines is 1. The first-order valence-electron chi connectivity index (χ1n) is 18.8. The predicted octanol–water partition coefficient (Wildman–Crippen LogP) is 6.80. The first kappa shape index (κ1) is 37.3. The zero-order valence-electron chi connectivity index (χ0n) is 30.3. The van der Waals surface area contributed by atoms with Crippen LogP contribution in [-0.2, 0) is 22.8 Å². The van der Waals surface area contributed by atoms with Gasteiger partial charge in [0.25, 0.3) is 0 Å². The summed E-state index contributed by atoms with van der Waals surface area (Å²) in [4.78, 5) is 44.7. The fourth-order valence-corrected chi connectivity index (χ4v) is 8.45. The second-order valence-corrected chi connectivity index (χ2v) is 14.7. The molecule has 0 radical (unpaired) electrons. The van der Waals surface area contributed by atoms with E-state index >= 15 is 0 Å². The lowest BCUT2D eigenvalue weighted by Crippen LogP contribution is -2.46. The molecule has 4 heterocycles. The maximum Gasteiger partial charge on any atom is 0.420 e. The van der Waals surface area contributed by atoms with Crippen LogP contribution in [0.25, 0.3) is 22.0 Å². The van der Waals surface area contributed by atoms with Gasteiger partial charge in [-0.25, -0.2) is 9.78 Å². The Bertz CT molecular complexity index is 2020. The number of nitrogens with one attached hydrogen (secondary N) is 1. The third kappa shape index (κ3) is 7.94. The van der Waals surface area contributed by atoms with Gasteiger partial charge in [0.1, 0.15) is 11.3 Å². The number of rotatable bonds is 11. The number of unbranched alkanes of at least 4 members (excludes halogenated alkanes) is 1. The van der Waals surface area contributed by atoms with Crippen molar-refractivity contribution in [3.05, 3.63) is 71.7 Å². The SMILES string of the molecule is Cn1nc(C2CCC(=O)NC2=O)c2cccc(N3CCN(CCCCC4CCC(Oc5cccc(-c6cccnc6C(=O)O)c5C(F)(F)F)CC4)CC3)c21. The molecule has 7 rings (SSSR count). The van der Waals surface area contributed by atoms with Crippen molar-refractivity contribution in [2.45, 2.75) is 76.0 Å². The molecule has 2 N–H and O–H groups in total. The molecule has 2 amide bonds. The number of amides is 2. The summed E-state index contributed by atoms with van der Waals surface area (Å²) in [6.45, 7) is 4.65. The molecule has 1 aliphatic carbocycles. The monoisotopic (exact) mass is 746 g/mol. The number of alkyl halides is 3. The number of hydrogen-bond acceptors (Lipinski definition) is 8. The number of carbonyl (C=O) groups excluding carboxylic acids is 2. The number of aryl methyl sites for hydroxylation is 1. The number of carboxylic acids is 1. The standard InChI is InChI=1S/C40H45F3N6O5/c1-47-37-29(35(46-47)30-17-18-33(50)45-38(30)51)9-4-11-31(37)49-23-21-48(22-24-49)20-3-2-7-25-13-15-26(16-14-25)54-32-12-5-8-27(34(32)40(41,42)43)28-10-6-19-44-36(28)39(52)53/h4-6,8-12,19,25-26,30H,2-3,7,13-18,20-24H2,1H3,(H,52,53)(H,45,50,51). The molecular formula is C40H45F3N6O5. The van der Waals surface area contributed by atoms with Crippen LogP contribution in [0.1, 0.15) is 85.5 Å². The van der Waals surface area contributed by atoms with Gasteiger partial charge in [-0.3, -0.25) is 24.5 Å². The number of nitrogens with zero attached hydrogens (tertiary/aromatic N) is 5. The number of hydrogen-bond donors (Lipinski definition) is 2. The second kappa shape index (κ2) is 15.8. The van der Waals surface area contributed by atoms with E-state index in [-0.39, 0.29) is 34.8 Å². The highest BCUT2D eigenvalue weighted by atomic mass is 19.4. The van der Waals surface area contributed by atoms with E-state index < -0.39 is 29.3 Å². The topological polar surface area (TPSA) is 130 Å². The normalized spacial score (nSPS) is 21.3. The lowest BCUT2D eigenvalue weighted by molar-refractivity contribution is -0.139. The molecule has 1 atom stereocenters. The van der Waals surface area contributed by atoms with Gasteiger partial charge in [0.05, 0.1) is 28.9 Å². The van der Waals surface area contributed by atoms with Crippen LogP contribution < -0.4 is 15.0 Å². The summed E-state index contributed by atoms with van der Waals surface area (Å²) in [6.07, 6.45) is 3.28. The molecule has 14 heteroatoms. The molecule has 0 bridgehead atoms. The number of carboxylic acid groups (broad SMARTS) is 1. The number of para-hydroxylation sites is 1. The van der Waals surface area contributed by atoms with Crippen LogP contribution in [0.3, 0.4) is 0 Å². The molecule has 2 aliphatic heterocycles. The van der Waals surface area contributed by atoms with Crippen LogP contribution >= 0.6 is 0 Å². The highest BCUT2D eigenvalue weighted by Crippen LogP contribution is 2.45. The Morgan fingerprint density at radius 2 is 1.69 bits per heavy atom. The molecule has 2 aromatic heterocycles. The largest absolute Gasteiger partial charge is 0.490 e. The van der Waals surface area contributed by atoms with E-state index in [9.17, 15) is 32.7 Å². The fraction of sp³-hybridized carbons (Fsp3) is 0.475. The summed E-state index contributed by atoms with van der Waals surface area (Å²) in [6, 6.07) is 12.9. The van der Waals surface area contributed by atoms with E-state index in [0.29, 0.717) is 31.6 Å². The van der Waals surface area contributed by atoms with Crippen molar-refractivity contribution in [2.24, 2.45) is 13.0 Å². The number of ether oxygens (including phenoxy) is 1. The number of benzene rings is 2. The second-order valence-electron chi connectivity index (χ2n) is 14.7. The van der Waals surface area contributed by atoms with Crippen molar-refractivity contribution in [3.63, 3.8) is 0 Å². The van der Waals surface area contributed by atoms with Crippen LogP contribution in [0, 0.1) is 5.92 Å². The Morgan fingerprint density at radius 3 is 2.41 bits per heavy atom. The molecule has 2 aromatic carbocycles. The zero-order valence-corrected chi connectivity index (χ0v) is 30.3. The van der Waals surface area contributed by atoms with E-state index in [0.717, 1.165) is 87.1 Å². The van der Waals surface area contributed by atoms with Crippen molar-refractivity contribution in [3.8, 4) is 16.9 Å². The van der Waals surface area contributed by atoms with E-state index in [1.807, 2.05) is 23.9 Å². The number of aromatic carboxylic acids is 1. The number of piperidine rings is 1. The van der Waals surface area contributed by atoms with Gasteiger partial charge in [0.15, 0.2) is 5.69 Å². The maximum atomic E-state index is 14.4. The quantitative estimate of drug-likeness (QED) is 0.126. The van der Waals surface area contributed by atoms with Crippen LogP contribution in [0.4, 0.5) is 18.9 Å². The van der Waals surface area contributed by atoms with Crippen LogP contribution in [-0.4, -0.2) is 81.4 Å². The van der Waals surface area contributed by atoms with Crippen LogP contribution in [0.5, 0.6) is 5.75 Å². The molecule has 3 aliphatic rings. The van der Waals surface area contributed by atoms with Crippen molar-refractivity contribution < 1.29 is 37.4 Å².